The van der Waals surface area contributed by atoms with E-state index in [0.29, 0.717) is 23.0 Å². The molecule has 0 atom stereocenters. The van der Waals surface area contributed by atoms with Crippen LogP contribution in [0.5, 0.6) is 23.0 Å². The minimum absolute atomic E-state index is 0.173. The zero-order valence-electron chi connectivity index (χ0n) is 13.0. The van der Waals surface area contributed by atoms with Crippen LogP contribution >= 0.6 is 0 Å². The van der Waals surface area contributed by atoms with Crippen LogP contribution in [-0.2, 0) is 6.61 Å². The molecule has 0 saturated carbocycles. The van der Waals surface area contributed by atoms with Crippen LogP contribution in [0.1, 0.15) is 11.3 Å². The van der Waals surface area contributed by atoms with Crippen molar-refractivity contribution in [3.63, 3.8) is 0 Å². The molecule has 0 unspecified atom stereocenters. The zero-order valence-corrected chi connectivity index (χ0v) is 13.0. The Morgan fingerprint density at radius 3 is 2.14 bits per heavy atom. The van der Waals surface area contributed by atoms with Crippen molar-refractivity contribution in [2.45, 2.75) is 13.5 Å². The lowest BCUT2D eigenvalue weighted by Crippen LogP contribution is -2.08. The average molecular weight is 306 g/mol. The summed E-state index contributed by atoms with van der Waals surface area (Å²) in [6, 6.07) is 4.85. The summed E-state index contributed by atoms with van der Waals surface area (Å²) in [5.74, 6) is 2.18. The molecule has 6 nitrogen and oxygen atoms in total. The van der Waals surface area contributed by atoms with E-state index in [9.17, 15) is 4.79 Å². The van der Waals surface area contributed by atoms with Gasteiger partial charge in [-0.25, -0.2) is 0 Å². The van der Waals surface area contributed by atoms with E-state index in [2.05, 4.69) is 0 Å². The maximum atomic E-state index is 11.8. The lowest BCUT2D eigenvalue weighted by molar-refractivity contribution is 0.282. The first-order valence-corrected chi connectivity index (χ1v) is 6.60. The van der Waals surface area contributed by atoms with E-state index in [1.807, 2.05) is 0 Å². The molecule has 0 spiro atoms. The van der Waals surface area contributed by atoms with Gasteiger partial charge in [-0.2, -0.15) is 0 Å². The van der Waals surface area contributed by atoms with Gasteiger partial charge in [0.2, 0.25) is 16.9 Å². The van der Waals surface area contributed by atoms with Gasteiger partial charge in [0.25, 0.3) is 0 Å². The summed E-state index contributed by atoms with van der Waals surface area (Å²) < 4.78 is 26.5. The smallest absolute Gasteiger partial charge is 0.227 e. The van der Waals surface area contributed by atoms with Crippen molar-refractivity contribution >= 4 is 0 Å². The fraction of sp³-hybridized carbons (Fsp3) is 0.312. The van der Waals surface area contributed by atoms with E-state index < -0.39 is 0 Å². The lowest BCUT2D eigenvalue weighted by atomic mass is 10.2. The Labute approximate surface area is 128 Å². The van der Waals surface area contributed by atoms with Gasteiger partial charge in [-0.15, -0.1) is 0 Å². The first-order valence-electron chi connectivity index (χ1n) is 6.60. The van der Waals surface area contributed by atoms with Gasteiger partial charge in [0.15, 0.2) is 11.5 Å². The Hall–Kier alpha value is -2.63. The SMILES string of the molecule is COc1cc(COc2c(C)occc2=O)cc(OC)c1OC. The third kappa shape index (κ3) is 3.16. The van der Waals surface area contributed by atoms with Crippen molar-refractivity contribution in [2.24, 2.45) is 0 Å². The highest BCUT2D eigenvalue weighted by molar-refractivity contribution is 5.53. The summed E-state index contributed by atoms with van der Waals surface area (Å²) in [4.78, 5) is 11.8. The molecule has 0 fully saturated rings. The predicted molar refractivity (Wildman–Crippen MR) is 80.1 cm³/mol. The van der Waals surface area contributed by atoms with E-state index in [-0.39, 0.29) is 17.8 Å². The molecule has 1 aromatic carbocycles. The van der Waals surface area contributed by atoms with Crippen molar-refractivity contribution < 1.29 is 23.4 Å². The summed E-state index contributed by atoms with van der Waals surface area (Å²) in [5, 5.41) is 0. The molecule has 22 heavy (non-hydrogen) atoms. The molecule has 118 valence electrons. The first kappa shape index (κ1) is 15.8. The Balaban J connectivity index is 2.28. The fourth-order valence-electron chi connectivity index (χ4n) is 2.05. The zero-order chi connectivity index (χ0) is 16.1. The van der Waals surface area contributed by atoms with Gasteiger partial charge in [0.05, 0.1) is 27.6 Å². The third-order valence-corrected chi connectivity index (χ3v) is 3.12. The molecule has 2 rings (SSSR count). The molecule has 1 heterocycles. The van der Waals surface area contributed by atoms with Crippen molar-refractivity contribution in [3.8, 4) is 23.0 Å². The molecule has 0 saturated heterocycles. The highest BCUT2D eigenvalue weighted by Crippen LogP contribution is 2.38. The largest absolute Gasteiger partial charge is 0.493 e. The molecule has 0 aliphatic heterocycles. The second-order valence-electron chi connectivity index (χ2n) is 4.49. The lowest BCUT2D eigenvalue weighted by Gasteiger charge is -2.14. The summed E-state index contributed by atoms with van der Waals surface area (Å²) in [5.41, 5.74) is 0.549. The Morgan fingerprint density at radius 1 is 1.00 bits per heavy atom. The highest BCUT2D eigenvalue weighted by atomic mass is 16.5. The van der Waals surface area contributed by atoms with E-state index in [1.165, 1.54) is 33.7 Å². The molecule has 0 amide bonds. The van der Waals surface area contributed by atoms with Crippen LogP contribution in [0.25, 0.3) is 0 Å². The minimum Gasteiger partial charge on any atom is -0.493 e. The number of aryl methyl sites for hydroxylation is 1. The topological polar surface area (TPSA) is 67.1 Å². The predicted octanol–water partition coefficient (Wildman–Crippen LogP) is 2.55. The maximum Gasteiger partial charge on any atom is 0.227 e. The third-order valence-electron chi connectivity index (χ3n) is 3.12. The van der Waals surface area contributed by atoms with E-state index in [1.54, 1.807) is 19.1 Å². The average Bonchev–Trinajstić information content (AvgIpc) is 2.53. The Morgan fingerprint density at radius 2 is 1.64 bits per heavy atom. The molecular formula is C16H18O6. The van der Waals surface area contributed by atoms with Gasteiger partial charge in [0, 0.05) is 6.07 Å². The van der Waals surface area contributed by atoms with Crippen molar-refractivity contribution in [1.82, 2.24) is 0 Å². The van der Waals surface area contributed by atoms with Gasteiger partial charge in [-0.3, -0.25) is 4.79 Å². The Kier molecular flexibility index (Phi) is 4.93. The number of hydrogen-bond donors (Lipinski definition) is 0. The van der Waals surface area contributed by atoms with Crippen molar-refractivity contribution in [1.29, 1.82) is 0 Å². The van der Waals surface area contributed by atoms with Gasteiger partial charge < -0.3 is 23.4 Å². The Bertz CT molecular complexity index is 679. The molecule has 0 aliphatic rings. The van der Waals surface area contributed by atoms with Crippen molar-refractivity contribution in [3.05, 3.63) is 46.0 Å². The standard InChI is InChI=1S/C16H18O6/c1-10-15(12(17)5-6-21-10)22-9-11-7-13(18-2)16(20-4)14(8-11)19-3/h5-8H,9H2,1-4H3. The van der Waals surface area contributed by atoms with E-state index in [4.69, 9.17) is 23.4 Å². The van der Waals surface area contributed by atoms with E-state index in [0.717, 1.165) is 5.56 Å². The van der Waals surface area contributed by atoms with Gasteiger partial charge in [-0.1, -0.05) is 0 Å². The molecule has 6 heteroatoms. The maximum absolute atomic E-state index is 11.8. The van der Waals surface area contributed by atoms with Crippen LogP contribution in [-0.4, -0.2) is 21.3 Å². The normalized spacial score (nSPS) is 10.2. The van der Waals surface area contributed by atoms with Crippen LogP contribution in [0.3, 0.4) is 0 Å². The summed E-state index contributed by atoms with van der Waals surface area (Å²) in [6.07, 6.45) is 1.34. The second-order valence-corrected chi connectivity index (χ2v) is 4.49. The molecule has 0 bridgehead atoms. The van der Waals surface area contributed by atoms with Crippen LogP contribution in [0.4, 0.5) is 0 Å². The number of rotatable bonds is 6. The van der Waals surface area contributed by atoms with Crippen LogP contribution in [0.2, 0.25) is 0 Å². The quantitative estimate of drug-likeness (QED) is 0.817. The second kappa shape index (κ2) is 6.89. The molecule has 0 N–H and O–H groups in total. The van der Waals surface area contributed by atoms with Gasteiger partial charge in [0.1, 0.15) is 12.4 Å². The van der Waals surface area contributed by atoms with E-state index >= 15 is 0 Å². The summed E-state index contributed by atoms with van der Waals surface area (Å²) in [6.45, 7) is 1.85. The van der Waals surface area contributed by atoms with Crippen LogP contribution in [0.15, 0.2) is 33.7 Å². The van der Waals surface area contributed by atoms with Gasteiger partial charge >= 0.3 is 0 Å². The highest BCUT2D eigenvalue weighted by Gasteiger charge is 2.14. The molecule has 0 radical (unpaired) electrons. The summed E-state index contributed by atoms with van der Waals surface area (Å²) >= 11 is 0. The number of benzene rings is 1. The van der Waals surface area contributed by atoms with Gasteiger partial charge in [-0.05, 0) is 24.6 Å². The van der Waals surface area contributed by atoms with Crippen molar-refractivity contribution in [2.75, 3.05) is 21.3 Å². The number of methoxy groups -OCH3 is 3. The first-order chi connectivity index (χ1) is 10.6. The van der Waals surface area contributed by atoms with Crippen LogP contribution in [0, 0.1) is 6.92 Å². The summed E-state index contributed by atoms with van der Waals surface area (Å²) in [7, 11) is 4.62. The minimum atomic E-state index is -0.226. The molecule has 2 aromatic rings. The van der Waals surface area contributed by atoms with Crippen LogP contribution < -0.4 is 24.4 Å². The fourth-order valence-corrected chi connectivity index (χ4v) is 2.05. The molecule has 1 aromatic heterocycles. The molecular weight excluding hydrogens is 288 g/mol. The number of ether oxygens (including phenoxy) is 4. The number of hydrogen-bond acceptors (Lipinski definition) is 6. The molecule has 0 aliphatic carbocycles. The monoisotopic (exact) mass is 306 g/mol.